The molecule has 0 saturated heterocycles. The van der Waals surface area contributed by atoms with Gasteiger partial charge in [-0.15, -0.1) is 0 Å². The van der Waals surface area contributed by atoms with Crippen LogP contribution in [0, 0.1) is 0 Å². The van der Waals surface area contributed by atoms with E-state index in [1.165, 1.54) is 0 Å². The third-order valence-corrected chi connectivity index (χ3v) is 0.406. The normalized spacial score (nSPS) is 7.22. The first-order valence-electron chi connectivity index (χ1n) is 2.04. The highest BCUT2D eigenvalue weighted by Gasteiger charge is 1.71. The van der Waals surface area contributed by atoms with E-state index in [1.54, 1.807) is 18.7 Å². The minimum atomic E-state index is -1.36. The van der Waals surface area contributed by atoms with Gasteiger partial charge in [-0.05, 0) is 0 Å². The lowest BCUT2D eigenvalue weighted by Gasteiger charge is -1.55. The third kappa shape index (κ3) is 10.9. The first kappa shape index (κ1) is 7.97. The quantitative estimate of drug-likeness (QED) is 0.546. The summed E-state index contributed by atoms with van der Waals surface area (Å²) in [5, 5.41) is 7.18. The molecule has 0 unspecified atom stereocenters. The highest BCUT2D eigenvalue weighted by molar-refractivity contribution is 6.60. The molecular formula is C4H5ClN2O2. The van der Waals surface area contributed by atoms with Crippen molar-refractivity contribution in [2.45, 2.75) is 0 Å². The molecule has 0 saturated carbocycles. The van der Waals surface area contributed by atoms with Crippen LogP contribution < -0.4 is 0 Å². The molecule has 0 aliphatic carbocycles. The van der Waals surface area contributed by atoms with E-state index in [0.29, 0.717) is 0 Å². The minimum Gasteiger partial charge on any atom is -0.469 e. The van der Waals surface area contributed by atoms with Crippen LogP contribution in [0.1, 0.15) is 0 Å². The maximum atomic E-state index is 8.77. The van der Waals surface area contributed by atoms with E-state index in [1.807, 2.05) is 0 Å². The van der Waals surface area contributed by atoms with Gasteiger partial charge in [0.25, 0.3) is 0 Å². The van der Waals surface area contributed by atoms with Gasteiger partial charge in [-0.1, -0.05) is 0 Å². The van der Waals surface area contributed by atoms with Crippen LogP contribution in [0.2, 0.25) is 0 Å². The summed E-state index contributed by atoms with van der Waals surface area (Å²) in [7, 11) is 0. The smallest absolute Gasteiger partial charge is 0.401 e. The first-order chi connectivity index (χ1) is 4.23. The molecule has 1 aromatic rings. The van der Waals surface area contributed by atoms with Gasteiger partial charge in [0.05, 0.1) is 6.33 Å². The zero-order chi connectivity index (χ0) is 7.11. The second-order valence-electron chi connectivity index (χ2n) is 1.01. The summed E-state index contributed by atoms with van der Waals surface area (Å²) in [6.45, 7) is 0. The number of carbonyl (C=O) groups is 1. The van der Waals surface area contributed by atoms with E-state index >= 15 is 0 Å². The largest absolute Gasteiger partial charge is 0.469 e. The van der Waals surface area contributed by atoms with Gasteiger partial charge in [-0.25, -0.2) is 9.78 Å². The van der Waals surface area contributed by atoms with Crippen molar-refractivity contribution in [2.75, 3.05) is 0 Å². The van der Waals surface area contributed by atoms with Crippen molar-refractivity contribution >= 4 is 17.0 Å². The Balaban J connectivity index is 0.000000148. The van der Waals surface area contributed by atoms with Crippen molar-refractivity contribution in [2.24, 2.45) is 0 Å². The molecule has 2 N–H and O–H groups in total. The van der Waals surface area contributed by atoms with Crippen LogP contribution in [0.15, 0.2) is 18.7 Å². The fourth-order valence-corrected chi connectivity index (χ4v) is 0.215. The zero-order valence-electron chi connectivity index (χ0n) is 4.41. The molecule has 0 bridgehead atoms. The Morgan fingerprint density at radius 3 is 2.44 bits per heavy atom. The standard InChI is InChI=1S/C3H4N2.CHClO2/c1-2-5-3-4-1;2-1(3)4/h1-3H,(H,4,5);(H,3,4). The summed E-state index contributed by atoms with van der Waals surface area (Å²) in [4.78, 5) is 15.2. The summed E-state index contributed by atoms with van der Waals surface area (Å²) in [6.07, 6.45) is 5.08. The van der Waals surface area contributed by atoms with Gasteiger partial charge in [0.15, 0.2) is 0 Å². The predicted molar refractivity (Wildman–Crippen MR) is 32.5 cm³/mol. The summed E-state index contributed by atoms with van der Waals surface area (Å²) in [5.41, 5.74) is -1.36. The number of nitrogens with zero attached hydrogens (tertiary/aromatic N) is 1. The first-order valence-corrected chi connectivity index (χ1v) is 2.42. The van der Waals surface area contributed by atoms with E-state index < -0.39 is 5.43 Å². The Hall–Kier alpha value is -1.03. The van der Waals surface area contributed by atoms with Crippen molar-refractivity contribution < 1.29 is 9.90 Å². The van der Waals surface area contributed by atoms with Gasteiger partial charge in [0, 0.05) is 24.0 Å². The Morgan fingerprint density at radius 2 is 2.33 bits per heavy atom. The Bertz CT molecular complexity index is 130. The molecule has 4 nitrogen and oxygen atoms in total. The number of hydrogen-bond acceptors (Lipinski definition) is 2. The highest BCUT2D eigenvalue weighted by atomic mass is 35.5. The monoisotopic (exact) mass is 148 g/mol. The molecular weight excluding hydrogens is 144 g/mol. The van der Waals surface area contributed by atoms with Crippen LogP contribution in [-0.4, -0.2) is 20.5 Å². The van der Waals surface area contributed by atoms with E-state index in [4.69, 9.17) is 9.90 Å². The van der Waals surface area contributed by atoms with Gasteiger partial charge in [0.1, 0.15) is 0 Å². The molecule has 0 fully saturated rings. The lowest BCUT2D eigenvalue weighted by atomic mass is 11.0. The maximum absolute atomic E-state index is 8.77. The Morgan fingerprint density at radius 1 is 1.78 bits per heavy atom. The molecule has 9 heavy (non-hydrogen) atoms. The molecule has 1 aromatic heterocycles. The molecule has 0 aliphatic heterocycles. The van der Waals surface area contributed by atoms with Gasteiger partial charge in [0.2, 0.25) is 0 Å². The number of aromatic nitrogens is 2. The highest BCUT2D eigenvalue weighted by Crippen LogP contribution is 1.67. The number of imidazole rings is 1. The summed E-state index contributed by atoms with van der Waals surface area (Å²) < 4.78 is 0. The van der Waals surface area contributed by atoms with Crippen LogP contribution in [0.3, 0.4) is 0 Å². The molecule has 0 spiro atoms. The van der Waals surface area contributed by atoms with Gasteiger partial charge in [-0.2, -0.15) is 0 Å². The third-order valence-electron chi connectivity index (χ3n) is 0.406. The number of carboxylic acid groups (broad SMARTS) is 1. The molecule has 50 valence electrons. The Kier molecular flexibility index (Phi) is 4.53. The van der Waals surface area contributed by atoms with Crippen molar-refractivity contribution in [1.82, 2.24) is 9.97 Å². The van der Waals surface area contributed by atoms with E-state index in [2.05, 4.69) is 21.6 Å². The predicted octanol–water partition coefficient (Wildman–Crippen LogP) is 1.31. The van der Waals surface area contributed by atoms with E-state index in [-0.39, 0.29) is 0 Å². The minimum absolute atomic E-state index is 1.36. The number of aromatic amines is 1. The number of rotatable bonds is 0. The SMILES string of the molecule is O=C(O)Cl.c1c[nH]cn1. The lowest BCUT2D eigenvalue weighted by molar-refractivity contribution is 0.220. The number of nitrogens with one attached hydrogen (secondary N) is 1. The van der Waals surface area contributed by atoms with Crippen molar-refractivity contribution in [3.8, 4) is 0 Å². The van der Waals surface area contributed by atoms with Crippen molar-refractivity contribution in [3.63, 3.8) is 0 Å². The van der Waals surface area contributed by atoms with Gasteiger partial charge < -0.3 is 10.1 Å². The Labute approximate surface area is 56.5 Å². The number of hydrogen-bond donors (Lipinski definition) is 2. The average Bonchev–Trinajstić information content (AvgIpc) is 2.11. The van der Waals surface area contributed by atoms with Crippen LogP contribution in [-0.2, 0) is 0 Å². The molecule has 0 aliphatic rings. The topological polar surface area (TPSA) is 66.0 Å². The number of halogens is 1. The second-order valence-corrected chi connectivity index (χ2v) is 1.34. The van der Waals surface area contributed by atoms with E-state index in [0.717, 1.165) is 0 Å². The van der Waals surface area contributed by atoms with Crippen LogP contribution in [0.4, 0.5) is 4.79 Å². The number of H-pyrrole nitrogens is 1. The van der Waals surface area contributed by atoms with Crippen molar-refractivity contribution in [1.29, 1.82) is 0 Å². The molecule has 1 heterocycles. The van der Waals surface area contributed by atoms with E-state index in [9.17, 15) is 0 Å². The van der Waals surface area contributed by atoms with Crippen LogP contribution >= 0.6 is 11.6 Å². The molecule has 0 radical (unpaired) electrons. The molecule has 0 amide bonds. The molecule has 5 heteroatoms. The summed E-state index contributed by atoms with van der Waals surface area (Å²) in [5.74, 6) is 0. The molecule has 1 rings (SSSR count). The zero-order valence-corrected chi connectivity index (χ0v) is 5.17. The van der Waals surface area contributed by atoms with Crippen LogP contribution in [0.5, 0.6) is 0 Å². The molecule has 0 atom stereocenters. The van der Waals surface area contributed by atoms with Crippen LogP contribution in [0.25, 0.3) is 0 Å². The average molecular weight is 149 g/mol. The lowest BCUT2D eigenvalue weighted by Crippen LogP contribution is -1.66. The van der Waals surface area contributed by atoms with Crippen molar-refractivity contribution in [3.05, 3.63) is 18.7 Å². The maximum Gasteiger partial charge on any atom is 0.401 e. The summed E-state index contributed by atoms with van der Waals surface area (Å²) >= 11 is 4.19. The second kappa shape index (κ2) is 5.11. The van der Waals surface area contributed by atoms with Gasteiger partial charge in [-0.3, -0.25) is 0 Å². The fourth-order valence-electron chi connectivity index (χ4n) is 0.215. The van der Waals surface area contributed by atoms with Gasteiger partial charge >= 0.3 is 5.43 Å². The molecule has 0 aromatic carbocycles. The summed E-state index contributed by atoms with van der Waals surface area (Å²) in [6, 6.07) is 0. The fraction of sp³-hybridized carbons (Fsp3) is 0.